The average molecular weight is 439 g/mol. The number of rotatable bonds is 7. The number of anilines is 1. The number of hydrogen-bond donors (Lipinski definition) is 1. The first-order valence-electron chi connectivity index (χ1n) is 11.0. The van der Waals surface area contributed by atoms with E-state index in [1.807, 2.05) is 54.6 Å². The quantitative estimate of drug-likeness (QED) is 0.602. The highest BCUT2D eigenvalue weighted by molar-refractivity contribution is 6.02. The predicted octanol–water partition coefficient (Wildman–Crippen LogP) is 3.90. The number of nitrogens with zero attached hydrogens (tertiary/aromatic N) is 5. The Morgan fingerprint density at radius 2 is 1.76 bits per heavy atom. The largest absolute Gasteiger partial charge is 0.369 e. The van der Waals surface area contributed by atoms with Gasteiger partial charge >= 0.3 is 0 Å². The Hall–Kier alpha value is -4.02. The Bertz CT molecular complexity index is 1150. The molecular weight excluding hydrogens is 412 g/mol. The molecule has 1 saturated heterocycles. The highest BCUT2D eigenvalue weighted by Gasteiger charge is 2.18. The molecule has 1 aliphatic rings. The van der Waals surface area contributed by atoms with Gasteiger partial charge in [-0.2, -0.15) is 5.26 Å². The fourth-order valence-electron chi connectivity index (χ4n) is 3.80. The molecule has 2 aromatic carbocycles. The number of carbonyl (C=O) groups is 1. The van der Waals surface area contributed by atoms with Crippen LogP contribution in [0.1, 0.15) is 22.5 Å². The number of nitrogens with one attached hydrogen (secondary N) is 1. The highest BCUT2D eigenvalue weighted by Crippen LogP contribution is 2.23. The first-order chi connectivity index (χ1) is 16.1. The fraction of sp³-hybridized carbons (Fsp3) is 0.231. The second kappa shape index (κ2) is 10.5. The monoisotopic (exact) mass is 438 g/mol. The number of benzene rings is 2. The Labute approximate surface area is 194 Å². The third-order valence-electron chi connectivity index (χ3n) is 5.71. The third kappa shape index (κ3) is 5.62. The number of nitriles is 1. The van der Waals surface area contributed by atoms with Crippen LogP contribution in [0.3, 0.4) is 0 Å². The molecule has 0 radical (unpaired) electrons. The molecule has 0 unspecified atom stereocenters. The van der Waals surface area contributed by atoms with E-state index >= 15 is 0 Å². The SMILES string of the molecule is C=C(c1ccc(-c2cncc(C(=O)Nc3ccccc3)n2)cc1)N1CCN(CCC#N)CC1. The van der Waals surface area contributed by atoms with Crippen LogP contribution in [0.15, 0.2) is 73.6 Å². The van der Waals surface area contributed by atoms with Crippen LogP contribution in [-0.2, 0) is 0 Å². The summed E-state index contributed by atoms with van der Waals surface area (Å²) >= 11 is 0. The molecule has 1 N–H and O–H groups in total. The molecule has 1 aromatic heterocycles. The van der Waals surface area contributed by atoms with Gasteiger partial charge in [0, 0.05) is 56.1 Å². The summed E-state index contributed by atoms with van der Waals surface area (Å²) in [6.45, 7) is 8.79. The van der Waals surface area contributed by atoms with Gasteiger partial charge in [-0.3, -0.25) is 14.7 Å². The second-order valence-corrected chi connectivity index (χ2v) is 7.87. The van der Waals surface area contributed by atoms with Crippen LogP contribution in [0.4, 0.5) is 5.69 Å². The lowest BCUT2D eigenvalue weighted by molar-refractivity contribution is 0.102. The van der Waals surface area contributed by atoms with Crippen LogP contribution in [0.2, 0.25) is 0 Å². The molecule has 3 aromatic rings. The first-order valence-corrected chi connectivity index (χ1v) is 11.0. The van der Waals surface area contributed by atoms with Crippen molar-refractivity contribution in [1.29, 1.82) is 5.26 Å². The third-order valence-corrected chi connectivity index (χ3v) is 5.71. The molecule has 4 rings (SSSR count). The number of para-hydroxylation sites is 1. The minimum atomic E-state index is -0.297. The predicted molar refractivity (Wildman–Crippen MR) is 129 cm³/mol. The lowest BCUT2D eigenvalue weighted by Gasteiger charge is -2.36. The maximum absolute atomic E-state index is 12.5. The van der Waals surface area contributed by atoms with Crippen molar-refractivity contribution in [2.45, 2.75) is 6.42 Å². The van der Waals surface area contributed by atoms with Gasteiger partial charge in [-0.25, -0.2) is 4.98 Å². The number of piperazine rings is 1. The topological polar surface area (TPSA) is 85.2 Å². The smallest absolute Gasteiger partial charge is 0.275 e. The molecule has 1 aliphatic heterocycles. The van der Waals surface area contributed by atoms with Gasteiger partial charge in [-0.15, -0.1) is 0 Å². The van der Waals surface area contributed by atoms with Gasteiger partial charge in [-0.1, -0.05) is 49.0 Å². The van der Waals surface area contributed by atoms with E-state index in [2.05, 4.69) is 37.7 Å². The zero-order valence-electron chi connectivity index (χ0n) is 18.4. The van der Waals surface area contributed by atoms with Crippen molar-refractivity contribution < 1.29 is 4.79 Å². The summed E-state index contributed by atoms with van der Waals surface area (Å²) < 4.78 is 0. The normalized spacial score (nSPS) is 13.8. The van der Waals surface area contributed by atoms with Gasteiger partial charge in [0.1, 0.15) is 5.69 Å². The summed E-state index contributed by atoms with van der Waals surface area (Å²) in [5.41, 5.74) is 4.54. The van der Waals surface area contributed by atoms with Crippen molar-refractivity contribution >= 4 is 17.3 Å². The maximum atomic E-state index is 12.5. The summed E-state index contributed by atoms with van der Waals surface area (Å²) in [6, 6.07) is 19.5. The van der Waals surface area contributed by atoms with E-state index in [-0.39, 0.29) is 11.6 Å². The van der Waals surface area contributed by atoms with Crippen molar-refractivity contribution in [2.24, 2.45) is 0 Å². The summed E-state index contributed by atoms with van der Waals surface area (Å²) in [4.78, 5) is 25.9. The van der Waals surface area contributed by atoms with Crippen molar-refractivity contribution in [1.82, 2.24) is 19.8 Å². The van der Waals surface area contributed by atoms with E-state index in [9.17, 15) is 4.79 Å². The Balaban J connectivity index is 1.40. The summed E-state index contributed by atoms with van der Waals surface area (Å²) in [5.74, 6) is -0.297. The van der Waals surface area contributed by atoms with Gasteiger partial charge in [0.05, 0.1) is 24.2 Å². The van der Waals surface area contributed by atoms with E-state index in [0.29, 0.717) is 17.8 Å². The molecule has 7 heteroatoms. The minimum Gasteiger partial charge on any atom is -0.369 e. The molecule has 166 valence electrons. The number of hydrogen-bond acceptors (Lipinski definition) is 6. The van der Waals surface area contributed by atoms with Crippen molar-refractivity contribution in [3.05, 3.63) is 84.8 Å². The van der Waals surface area contributed by atoms with Crippen molar-refractivity contribution in [2.75, 3.05) is 38.0 Å². The van der Waals surface area contributed by atoms with Crippen LogP contribution in [0.25, 0.3) is 17.0 Å². The molecule has 0 atom stereocenters. The van der Waals surface area contributed by atoms with E-state index in [0.717, 1.165) is 49.5 Å². The van der Waals surface area contributed by atoms with Crippen LogP contribution in [-0.4, -0.2) is 58.4 Å². The molecule has 1 amide bonds. The maximum Gasteiger partial charge on any atom is 0.275 e. The molecule has 0 bridgehead atoms. The van der Waals surface area contributed by atoms with Gasteiger partial charge in [0.25, 0.3) is 5.91 Å². The fourth-order valence-corrected chi connectivity index (χ4v) is 3.80. The zero-order chi connectivity index (χ0) is 23.0. The van der Waals surface area contributed by atoms with Crippen molar-refractivity contribution in [3.8, 4) is 17.3 Å². The molecule has 33 heavy (non-hydrogen) atoms. The highest BCUT2D eigenvalue weighted by atomic mass is 16.1. The standard InChI is InChI=1S/C26H26N6O/c1-20(32-16-14-31(15-17-32)13-5-12-27)21-8-10-22(11-9-21)24-18-28-19-25(30-24)26(33)29-23-6-3-2-4-7-23/h2-4,6-11,18-19H,1,5,13-17H2,(H,29,33). The van der Waals surface area contributed by atoms with E-state index in [1.165, 1.54) is 6.20 Å². The molecule has 0 aliphatic carbocycles. The van der Waals surface area contributed by atoms with Gasteiger partial charge in [-0.05, 0) is 17.7 Å². The minimum absolute atomic E-state index is 0.263. The average Bonchev–Trinajstić information content (AvgIpc) is 2.88. The van der Waals surface area contributed by atoms with Crippen LogP contribution < -0.4 is 5.32 Å². The summed E-state index contributed by atoms with van der Waals surface area (Å²) in [7, 11) is 0. The lowest BCUT2D eigenvalue weighted by Crippen LogP contribution is -2.45. The first kappa shape index (κ1) is 22.2. The Morgan fingerprint density at radius 3 is 2.45 bits per heavy atom. The van der Waals surface area contributed by atoms with E-state index in [4.69, 9.17) is 5.26 Å². The van der Waals surface area contributed by atoms with Gasteiger partial charge in [0.2, 0.25) is 0 Å². The summed E-state index contributed by atoms with van der Waals surface area (Å²) in [5, 5.41) is 11.6. The molecule has 2 heterocycles. The molecule has 1 fully saturated rings. The van der Waals surface area contributed by atoms with Gasteiger partial charge in [0.15, 0.2) is 0 Å². The Morgan fingerprint density at radius 1 is 1.03 bits per heavy atom. The Kier molecular flexibility index (Phi) is 7.08. The molecule has 0 spiro atoms. The molecular formula is C26H26N6O. The van der Waals surface area contributed by atoms with Crippen LogP contribution in [0.5, 0.6) is 0 Å². The summed E-state index contributed by atoms with van der Waals surface area (Å²) in [6.07, 6.45) is 3.69. The number of carbonyl (C=O) groups excluding carboxylic acids is 1. The van der Waals surface area contributed by atoms with Crippen molar-refractivity contribution in [3.63, 3.8) is 0 Å². The molecule has 7 nitrogen and oxygen atoms in total. The number of aromatic nitrogens is 2. The lowest BCUT2D eigenvalue weighted by atomic mass is 10.1. The molecule has 0 saturated carbocycles. The van der Waals surface area contributed by atoms with Crippen LogP contribution >= 0.6 is 0 Å². The van der Waals surface area contributed by atoms with Crippen LogP contribution in [0, 0.1) is 11.3 Å². The second-order valence-electron chi connectivity index (χ2n) is 7.87. The van der Waals surface area contributed by atoms with E-state index < -0.39 is 0 Å². The van der Waals surface area contributed by atoms with Gasteiger partial charge < -0.3 is 10.2 Å². The van der Waals surface area contributed by atoms with E-state index in [1.54, 1.807) is 6.20 Å². The number of amides is 1. The zero-order valence-corrected chi connectivity index (χ0v) is 18.4.